The lowest BCUT2D eigenvalue weighted by Crippen LogP contribution is -1.92. The van der Waals surface area contributed by atoms with Crippen LogP contribution in [0.5, 0.6) is 0 Å². The second-order valence-corrected chi connectivity index (χ2v) is 3.90. The average Bonchev–Trinajstić information content (AvgIpc) is 2.26. The van der Waals surface area contributed by atoms with Gasteiger partial charge in [0.1, 0.15) is 11.6 Å². The Morgan fingerprint density at radius 3 is 2.38 bits per heavy atom. The Hall–Kier alpha value is -1.70. The van der Waals surface area contributed by atoms with Crippen molar-refractivity contribution in [1.82, 2.24) is 0 Å². The van der Waals surface area contributed by atoms with Gasteiger partial charge in [-0.2, -0.15) is 0 Å². The molecule has 0 atom stereocenters. The summed E-state index contributed by atoms with van der Waals surface area (Å²) in [5.41, 5.74) is 2.35. The molecule has 2 rings (SSSR count). The van der Waals surface area contributed by atoms with E-state index in [1.165, 1.54) is 19.1 Å². The molecule has 0 aromatic heterocycles. The fourth-order valence-corrected chi connectivity index (χ4v) is 1.70. The van der Waals surface area contributed by atoms with Crippen molar-refractivity contribution in [3.8, 4) is 11.1 Å². The SMILES string of the molecule is Cc1cccc(-c2ccc(F)c(C)c2F)c1. The van der Waals surface area contributed by atoms with E-state index in [0.717, 1.165) is 11.1 Å². The predicted octanol–water partition coefficient (Wildman–Crippen LogP) is 4.25. The molecule has 0 nitrogen and oxygen atoms in total. The Bertz CT molecular complexity index is 530. The number of hydrogen-bond acceptors (Lipinski definition) is 0. The van der Waals surface area contributed by atoms with Gasteiger partial charge in [-0.05, 0) is 31.5 Å². The summed E-state index contributed by atoms with van der Waals surface area (Å²) >= 11 is 0. The van der Waals surface area contributed by atoms with Crippen LogP contribution in [0.1, 0.15) is 11.1 Å². The first-order chi connectivity index (χ1) is 7.59. The number of benzene rings is 2. The first-order valence-corrected chi connectivity index (χ1v) is 5.11. The molecule has 0 aliphatic heterocycles. The van der Waals surface area contributed by atoms with E-state index in [-0.39, 0.29) is 5.56 Å². The van der Waals surface area contributed by atoms with E-state index in [1.54, 1.807) is 0 Å². The molecule has 0 N–H and O–H groups in total. The minimum absolute atomic E-state index is 0.0685. The number of rotatable bonds is 1. The van der Waals surface area contributed by atoms with Crippen molar-refractivity contribution in [2.24, 2.45) is 0 Å². The van der Waals surface area contributed by atoms with Crippen molar-refractivity contribution in [2.75, 3.05) is 0 Å². The van der Waals surface area contributed by atoms with Gasteiger partial charge >= 0.3 is 0 Å². The van der Waals surface area contributed by atoms with Gasteiger partial charge in [-0.1, -0.05) is 29.8 Å². The topological polar surface area (TPSA) is 0 Å². The zero-order valence-electron chi connectivity index (χ0n) is 9.22. The summed E-state index contributed by atoms with van der Waals surface area (Å²) in [5, 5.41) is 0. The summed E-state index contributed by atoms with van der Waals surface area (Å²) in [4.78, 5) is 0. The monoisotopic (exact) mass is 218 g/mol. The third kappa shape index (κ3) is 1.83. The highest BCUT2D eigenvalue weighted by molar-refractivity contribution is 5.65. The molecule has 0 amide bonds. The van der Waals surface area contributed by atoms with Crippen LogP contribution >= 0.6 is 0 Å². The van der Waals surface area contributed by atoms with E-state index in [0.29, 0.717) is 5.56 Å². The maximum Gasteiger partial charge on any atom is 0.136 e. The van der Waals surface area contributed by atoms with Gasteiger partial charge in [0.05, 0.1) is 0 Å². The van der Waals surface area contributed by atoms with Gasteiger partial charge in [-0.15, -0.1) is 0 Å². The summed E-state index contributed by atoms with van der Waals surface area (Å²) < 4.78 is 27.0. The lowest BCUT2D eigenvalue weighted by atomic mass is 10.0. The molecular weight excluding hydrogens is 206 g/mol. The molecule has 2 aromatic carbocycles. The molecule has 0 fully saturated rings. The van der Waals surface area contributed by atoms with Crippen molar-refractivity contribution in [2.45, 2.75) is 13.8 Å². The number of halogens is 2. The minimum atomic E-state index is -0.506. The van der Waals surface area contributed by atoms with Crippen molar-refractivity contribution in [3.63, 3.8) is 0 Å². The lowest BCUT2D eigenvalue weighted by molar-refractivity contribution is 0.570. The van der Waals surface area contributed by atoms with E-state index < -0.39 is 11.6 Å². The van der Waals surface area contributed by atoms with Crippen LogP contribution in [0.4, 0.5) is 8.78 Å². The van der Waals surface area contributed by atoms with Crippen LogP contribution in [-0.2, 0) is 0 Å². The standard InChI is InChI=1S/C14H12F2/c1-9-4-3-5-11(8-9)12-6-7-13(15)10(2)14(12)16/h3-8H,1-2H3. The molecule has 0 saturated heterocycles. The van der Waals surface area contributed by atoms with E-state index in [2.05, 4.69) is 0 Å². The fraction of sp³-hybridized carbons (Fsp3) is 0.143. The van der Waals surface area contributed by atoms with E-state index in [4.69, 9.17) is 0 Å². The highest BCUT2D eigenvalue weighted by Crippen LogP contribution is 2.26. The van der Waals surface area contributed by atoms with Crippen molar-refractivity contribution in [1.29, 1.82) is 0 Å². The van der Waals surface area contributed by atoms with Crippen LogP contribution in [0.2, 0.25) is 0 Å². The Kier molecular flexibility index (Phi) is 2.73. The summed E-state index contributed by atoms with van der Waals surface area (Å²) in [6.07, 6.45) is 0. The summed E-state index contributed by atoms with van der Waals surface area (Å²) in [6, 6.07) is 10.3. The number of aryl methyl sites for hydroxylation is 1. The molecule has 0 saturated carbocycles. The van der Waals surface area contributed by atoms with Crippen LogP contribution < -0.4 is 0 Å². The number of hydrogen-bond donors (Lipinski definition) is 0. The van der Waals surface area contributed by atoms with Crippen molar-refractivity contribution in [3.05, 3.63) is 59.2 Å². The maximum absolute atomic E-state index is 13.8. The van der Waals surface area contributed by atoms with E-state index >= 15 is 0 Å². The molecule has 16 heavy (non-hydrogen) atoms. The highest BCUT2D eigenvalue weighted by Gasteiger charge is 2.10. The van der Waals surface area contributed by atoms with Gasteiger partial charge in [0, 0.05) is 11.1 Å². The quantitative estimate of drug-likeness (QED) is 0.671. The van der Waals surface area contributed by atoms with Crippen LogP contribution in [0.3, 0.4) is 0 Å². The van der Waals surface area contributed by atoms with Gasteiger partial charge in [-0.25, -0.2) is 8.78 Å². The highest BCUT2D eigenvalue weighted by atomic mass is 19.1. The van der Waals surface area contributed by atoms with Gasteiger partial charge in [0.25, 0.3) is 0 Å². The predicted molar refractivity (Wildman–Crippen MR) is 61.3 cm³/mol. The summed E-state index contributed by atoms with van der Waals surface area (Å²) in [5.74, 6) is -0.987. The van der Waals surface area contributed by atoms with E-state index in [1.807, 2.05) is 31.2 Å². The average molecular weight is 218 g/mol. The molecule has 2 aromatic rings. The Morgan fingerprint density at radius 2 is 1.69 bits per heavy atom. The molecule has 0 aliphatic carbocycles. The van der Waals surface area contributed by atoms with E-state index in [9.17, 15) is 8.78 Å². The van der Waals surface area contributed by atoms with Gasteiger partial charge in [0.15, 0.2) is 0 Å². The van der Waals surface area contributed by atoms with Gasteiger partial charge < -0.3 is 0 Å². The molecule has 82 valence electrons. The zero-order valence-corrected chi connectivity index (χ0v) is 9.22. The summed E-state index contributed by atoms with van der Waals surface area (Å²) in [7, 11) is 0. The molecule has 0 spiro atoms. The second-order valence-electron chi connectivity index (χ2n) is 3.90. The Balaban J connectivity index is 2.61. The van der Waals surface area contributed by atoms with Crippen molar-refractivity contribution < 1.29 is 8.78 Å². The molecule has 0 unspecified atom stereocenters. The second kappa shape index (κ2) is 4.05. The normalized spacial score (nSPS) is 10.5. The fourth-order valence-electron chi connectivity index (χ4n) is 1.70. The van der Waals surface area contributed by atoms with Gasteiger partial charge in [0.2, 0.25) is 0 Å². The largest absolute Gasteiger partial charge is 0.207 e. The molecular formula is C14H12F2. The van der Waals surface area contributed by atoms with Crippen molar-refractivity contribution >= 4 is 0 Å². The third-order valence-corrected chi connectivity index (χ3v) is 2.65. The first-order valence-electron chi connectivity index (χ1n) is 5.11. The maximum atomic E-state index is 13.8. The minimum Gasteiger partial charge on any atom is -0.207 e. The molecule has 0 radical (unpaired) electrons. The molecule has 0 aliphatic rings. The van der Waals surface area contributed by atoms with Gasteiger partial charge in [-0.3, -0.25) is 0 Å². The first kappa shape index (κ1) is 10.8. The molecule has 0 heterocycles. The van der Waals surface area contributed by atoms with Crippen LogP contribution in [0.25, 0.3) is 11.1 Å². The summed E-state index contributed by atoms with van der Waals surface area (Å²) in [6.45, 7) is 3.39. The smallest absolute Gasteiger partial charge is 0.136 e. The molecule has 0 bridgehead atoms. The van der Waals surface area contributed by atoms with Crippen LogP contribution in [0.15, 0.2) is 36.4 Å². The molecule has 2 heteroatoms. The van der Waals surface area contributed by atoms with Crippen LogP contribution in [-0.4, -0.2) is 0 Å². The zero-order chi connectivity index (χ0) is 11.7. The van der Waals surface area contributed by atoms with Crippen LogP contribution in [0, 0.1) is 25.5 Å². The lowest BCUT2D eigenvalue weighted by Gasteiger charge is -2.07. The third-order valence-electron chi connectivity index (χ3n) is 2.65. The Morgan fingerprint density at radius 1 is 0.938 bits per heavy atom. The Labute approximate surface area is 93.5 Å².